The summed E-state index contributed by atoms with van der Waals surface area (Å²) in [6, 6.07) is 3.12. The lowest BCUT2D eigenvalue weighted by molar-refractivity contribution is 0.281. The van der Waals surface area contributed by atoms with Gasteiger partial charge >= 0.3 is 0 Å². The molecule has 0 aliphatic rings. The number of sulfonamides is 1. The minimum absolute atomic E-state index is 0.0602. The summed E-state index contributed by atoms with van der Waals surface area (Å²) >= 11 is 3.25. The molecule has 108 valence electrons. The molecule has 1 heterocycles. The lowest BCUT2D eigenvalue weighted by atomic mass is 10.1. The van der Waals surface area contributed by atoms with Gasteiger partial charge in [-0.15, -0.1) is 0 Å². The normalized spacial score (nSPS) is 11.8. The van der Waals surface area contributed by atoms with Crippen LogP contribution in [0.25, 0.3) is 0 Å². The molecular formula is C11H12BrN3O4S. The first-order valence-corrected chi connectivity index (χ1v) is 7.86. The van der Waals surface area contributed by atoms with Gasteiger partial charge in [0.15, 0.2) is 5.82 Å². The van der Waals surface area contributed by atoms with Crippen molar-refractivity contribution in [2.45, 2.75) is 25.0 Å². The summed E-state index contributed by atoms with van der Waals surface area (Å²) in [6.45, 7) is 1.44. The van der Waals surface area contributed by atoms with Crippen molar-refractivity contribution in [3.63, 3.8) is 0 Å². The van der Waals surface area contributed by atoms with E-state index in [0.717, 1.165) is 12.0 Å². The van der Waals surface area contributed by atoms with Crippen LogP contribution in [0.15, 0.2) is 32.4 Å². The third-order valence-electron chi connectivity index (χ3n) is 2.58. The number of nitrogens with zero attached hydrogens (tertiary/aromatic N) is 2. The smallest absolute Gasteiger partial charge is 0.242 e. The molecule has 1 aromatic carbocycles. The van der Waals surface area contributed by atoms with E-state index in [-0.39, 0.29) is 23.9 Å². The lowest BCUT2D eigenvalue weighted by Crippen LogP contribution is -2.24. The number of halogens is 1. The van der Waals surface area contributed by atoms with Crippen molar-refractivity contribution in [1.29, 1.82) is 0 Å². The molecule has 1 aromatic heterocycles. The number of hydrogen-bond acceptors (Lipinski definition) is 6. The van der Waals surface area contributed by atoms with Crippen LogP contribution in [0.4, 0.5) is 0 Å². The Kier molecular flexibility index (Phi) is 4.53. The number of benzene rings is 1. The van der Waals surface area contributed by atoms with E-state index in [9.17, 15) is 8.42 Å². The molecule has 0 amide bonds. The van der Waals surface area contributed by atoms with Gasteiger partial charge < -0.3 is 9.63 Å². The number of aliphatic hydroxyl groups excluding tert-OH is 1. The van der Waals surface area contributed by atoms with Crippen molar-refractivity contribution in [2.75, 3.05) is 0 Å². The Morgan fingerprint density at radius 1 is 1.45 bits per heavy atom. The van der Waals surface area contributed by atoms with Gasteiger partial charge in [-0.2, -0.15) is 4.98 Å². The first-order chi connectivity index (χ1) is 9.44. The number of aliphatic hydroxyl groups is 1. The molecular weight excluding hydrogens is 350 g/mol. The molecule has 7 nitrogen and oxygen atoms in total. The minimum atomic E-state index is -3.75. The van der Waals surface area contributed by atoms with Crippen molar-refractivity contribution in [3.8, 4) is 0 Å². The third-order valence-corrected chi connectivity index (χ3v) is 5.32. The van der Waals surface area contributed by atoms with E-state index in [2.05, 4.69) is 35.3 Å². The quantitative estimate of drug-likeness (QED) is 0.826. The summed E-state index contributed by atoms with van der Waals surface area (Å²) in [4.78, 5) is 3.79. The Hall–Kier alpha value is -1.29. The summed E-state index contributed by atoms with van der Waals surface area (Å²) in [5.41, 5.74) is 1.24. The number of hydrogen-bond donors (Lipinski definition) is 2. The highest BCUT2D eigenvalue weighted by Crippen LogP contribution is 2.27. The van der Waals surface area contributed by atoms with Crippen molar-refractivity contribution in [1.82, 2.24) is 14.9 Å². The van der Waals surface area contributed by atoms with Gasteiger partial charge in [-0.25, -0.2) is 13.1 Å². The van der Waals surface area contributed by atoms with Gasteiger partial charge in [0.1, 0.15) is 0 Å². The lowest BCUT2D eigenvalue weighted by Gasteiger charge is -2.11. The Morgan fingerprint density at radius 2 is 2.20 bits per heavy atom. The molecule has 0 saturated carbocycles. The van der Waals surface area contributed by atoms with Gasteiger partial charge in [0.2, 0.25) is 16.4 Å². The second-order valence-corrected chi connectivity index (χ2v) is 6.58. The van der Waals surface area contributed by atoms with E-state index < -0.39 is 10.0 Å². The summed E-state index contributed by atoms with van der Waals surface area (Å²) in [6.07, 6.45) is 1.12. The Bertz CT molecular complexity index is 701. The topological polar surface area (TPSA) is 105 Å². The van der Waals surface area contributed by atoms with Crippen molar-refractivity contribution in [2.24, 2.45) is 0 Å². The average molecular weight is 362 g/mol. The van der Waals surface area contributed by atoms with Crippen LogP contribution in [0.3, 0.4) is 0 Å². The summed E-state index contributed by atoms with van der Waals surface area (Å²) in [5.74, 6) is 0.236. The van der Waals surface area contributed by atoms with E-state index in [1.165, 1.54) is 6.07 Å². The Morgan fingerprint density at radius 3 is 2.80 bits per heavy atom. The van der Waals surface area contributed by atoms with E-state index in [4.69, 9.17) is 5.11 Å². The fourth-order valence-electron chi connectivity index (χ4n) is 1.60. The highest BCUT2D eigenvalue weighted by Gasteiger charge is 2.20. The van der Waals surface area contributed by atoms with Crippen LogP contribution in [-0.4, -0.2) is 23.7 Å². The predicted octanol–water partition coefficient (Wildman–Crippen LogP) is 1.11. The van der Waals surface area contributed by atoms with Gasteiger partial charge in [0.05, 0.1) is 18.0 Å². The first-order valence-electron chi connectivity index (χ1n) is 5.59. The van der Waals surface area contributed by atoms with E-state index in [1.54, 1.807) is 13.0 Å². The zero-order chi connectivity index (χ0) is 14.8. The molecule has 0 atom stereocenters. The van der Waals surface area contributed by atoms with Crippen LogP contribution in [0.5, 0.6) is 0 Å². The van der Waals surface area contributed by atoms with Gasteiger partial charge in [-0.1, -0.05) is 11.2 Å². The molecule has 2 aromatic rings. The highest BCUT2D eigenvalue weighted by molar-refractivity contribution is 9.10. The molecule has 0 aliphatic heterocycles. The molecule has 0 saturated heterocycles. The SMILES string of the molecule is Cc1cc(CO)cc(S(=O)(=O)NCc2ncon2)c1Br. The molecule has 0 radical (unpaired) electrons. The van der Waals surface area contributed by atoms with E-state index >= 15 is 0 Å². The van der Waals surface area contributed by atoms with Gasteiger partial charge in [-0.05, 0) is 40.0 Å². The zero-order valence-corrected chi connectivity index (χ0v) is 12.9. The van der Waals surface area contributed by atoms with Crippen LogP contribution in [0.1, 0.15) is 17.0 Å². The Balaban J connectivity index is 2.31. The average Bonchev–Trinajstić information content (AvgIpc) is 2.92. The maximum absolute atomic E-state index is 12.3. The van der Waals surface area contributed by atoms with Gasteiger partial charge in [0, 0.05) is 4.47 Å². The molecule has 0 aliphatic carbocycles. The maximum atomic E-state index is 12.3. The van der Waals surface area contributed by atoms with Gasteiger partial charge in [0.25, 0.3) is 0 Å². The standard InChI is InChI=1S/C11H12BrN3O4S/c1-7-2-8(5-16)3-9(11(7)12)20(17,18)14-4-10-13-6-19-15-10/h2-3,6,14,16H,4-5H2,1H3. The molecule has 0 spiro atoms. The molecule has 0 fully saturated rings. The van der Waals surface area contributed by atoms with Crippen LogP contribution in [0.2, 0.25) is 0 Å². The fourth-order valence-corrected chi connectivity index (χ4v) is 3.65. The third kappa shape index (κ3) is 3.23. The molecule has 0 bridgehead atoms. The maximum Gasteiger partial charge on any atom is 0.242 e. The molecule has 2 N–H and O–H groups in total. The summed E-state index contributed by atoms with van der Waals surface area (Å²) in [7, 11) is -3.75. The highest BCUT2D eigenvalue weighted by atomic mass is 79.9. The van der Waals surface area contributed by atoms with Crippen molar-refractivity contribution in [3.05, 3.63) is 40.0 Å². The van der Waals surface area contributed by atoms with Crippen LogP contribution in [0, 0.1) is 6.92 Å². The number of rotatable bonds is 5. The monoisotopic (exact) mass is 361 g/mol. The second kappa shape index (κ2) is 6.00. The fraction of sp³-hybridized carbons (Fsp3) is 0.273. The van der Waals surface area contributed by atoms with Crippen molar-refractivity contribution >= 4 is 26.0 Å². The second-order valence-electron chi connectivity index (χ2n) is 4.05. The van der Waals surface area contributed by atoms with Crippen molar-refractivity contribution < 1.29 is 18.0 Å². The van der Waals surface area contributed by atoms with E-state index in [1.807, 2.05) is 0 Å². The summed E-state index contributed by atoms with van der Waals surface area (Å²) < 4.78 is 31.9. The number of nitrogens with one attached hydrogen (secondary N) is 1. The van der Waals surface area contributed by atoms with Crippen LogP contribution >= 0.6 is 15.9 Å². The molecule has 2 rings (SSSR count). The molecule has 20 heavy (non-hydrogen) atoms. The molecule has 0 unspecified atom stereocenters. The van der Waals surface area contributed by atoms with Crippen LogP contribution in [-0.2, 0) is 23.2 Å². The Labute approximate surface area is 124 Å². The van der Waals surface area contributed by atoms with Crippen LogP contribution < -0.4 is 4.72 Å². The zero-order valence-electron chi connectivity index (χ0n) is 10.5. The number of aromatic nitrogens is 2. The predicted molar refractivity (Wildman–Crippen MR) is 73.1 cm³/mol. The largest absolute Gasteiger partial charge is 0.392 e. The summed E-state index contributed by atoms with van der Waals surface area (Å²) in [5, 5.41) is 12.7. The van der Waals surface area contributed by atoms with E-state index in [0.29, 0.717) is 10.0 Å². The molecule has 9 heteroatoms. The van der Waals surface area contributed by atoms with Gasteiger partial charge in [-0.3, -0.25) is 0 Å². The first kappa shape index (κ1) is 15.1. The minimum Gasteiger partial charge on any atom is -0.392 e. The number of aryl methyl sites for hydroxylation is 1.